The molecule has 0 aliphatic heterocycles. The number of rotatable bonds is 7. The fraction of sp³-hybridized carbons (Fsp3) is 0.533. The molecule has 5 nitrogen and oxygen atoms in total. The number of likely N-dealkylation sites (N-methyl/N-ethyl adjacent to an activating group) is 1. The van der Waals surface area contributed by atoms with Crippen LogP contribution in [0.5, 0.6) is 0 Å². The van der Waals surface area contributed by atoms with Gasteiger partial charge in [-0.1, -0.05) is 25.4 Å². The molecule has 114 valence electrons. The zero-order valence-corrected chi connectivity index (χ0v) is 13.6. The van der Waals surface area contributed by atoms with Gasteiger partial charge >= 0.3 is 0 Å². The van der Waals surface area contributed by atoms with Crippen molar-refractivity contribution in [1.29, 1.82) is 0 Å². The standard InChI is InChI=1S/C15H22ClN5/c1-4-12-15(16)14(21(6-3)20-12)9-13(17-5-2)11-7-8-18-19-10-11/h7-8,10,13,17H,4-6,9H2,1-3H3. The second-order valence-corrected chi connectivity index (χ2v) is 5.24. The van der Waals surface area contributed by atoms with Gasteiger partial charge in [-0.15, -0.1) is 0 Å². The van der Waals surface area contributed by atoms with E-state index >= 15 is 0 Å². The van der Waals surface area contributed by atoms with Crippen molar-refractivity contribution in [3.8, 4) is 0 Å². The third kappa shape index (κ3) is 3.60. The number of nitrogens with one attached hydrogen (secondary N) is 1. The van der Waals surface area contributed by atoms with Gasteiger partial charge in [-0.2, -0.15) is 15.3 Å². The minimum absolute atomic E-state index is 0.162. The molecule has 0 fully saturated rings. The summed E-state index contributed by atoms with van der Waals surface area (Å²) in [6.45, 7) is 7.96. The summed E-state index contributed by atoms with van der Waals surface area (Å²) in [5.41, 5.74) is 3.17. The smallest absolute Gasteiger partial charge is 0.0850 e. The first kappa shape index (κ1) is 15.9. The summed E-state index contributed by atoms with van der Waals surface area (Å²) in [7, 11) is 0. The lowest BCUT2D eigenvalue weighted by Gasteiger charge is -2.18. The molecule has 0 amide bonds. The summed E-state index contributed by atoms with van der Waals surface area (Å²) in [5, 5.41) is 16.7. The summed E-state index contributed by atoms with van der Waals surface area (Å²) in [6, 6.07) is 2.15. The van der Waals surface area contributed by atoms with Gasteiger partial charge in [0.25, 0.3) is 0 Å². The zero-order chi connectivity index (χ0) is 15.2. The Balaban J connectivity index is 2.31. The maximum atomic E-state index is 6.50. The van der Waals surface area contributed by atoms with Gasteiger partial charge in [0.2, 0.25) is 0 Å². The molecule has 0 saturated heterocycles. The van der Waals surface area contributed by atoms with Crippen LogP contribution in [0.15, 0.2) is 18.5 Å². The van der Waals surface area contributed by atoms with Gasteiger partial charge in [0.15, 0.2) is 0 Å². The summed E-state index contributed by atoms with van der Waals surface area (Å²) >= 11 is 6.50. The molecule has 0 spiro atoms. The van der Waals surface area contributed by atoms with Gasteiger partial charge in [0, 0.05) is 25.2 Å². The van der Waals surface area contributed by atoms with E-state index in [0.29, 0.717) is 0 Å². The topological polar surface area (TPSA) is 55.6 Å². The Morgan fingerprint density at radius 1 is 1.29 bits per heavy atom. The normalized spacial score (nSPS) is 12.6. The third-order valence-corrected chi connectivity index (χ3v) is 3.99. The van der Waals surface area contributed by atoms with Crippen LogP contribution in [0.25, 0.3) is 0 Å². The number of hydrogen-bond acceptors (Lipinski definition) is 4. The highest BCUT2D eigenvalue weighted by Gasteiger charge is 2.19. The minimum Gasteiger partial charge on any atom is -0.310 e. The van der Waals surface area contributed by atoms with Crippen molar-refractivity contribution < 1.29 is 0 Å². The fourth-order valence-corrected chi connectivity index (χ4v) is 2.81. The van der Waals surface area contributed by atoms with E-state index in [1.807, 2.05) is 10.7 Å². The van der Waals surface area contributed by atoms with E-state index < -0.39 is 0 Å². The largest absolute Gasteiger partial charge is 0.310 e. The molecule has 0 aliphatic rings. The molecule has 2 aromatic heterocycles. The fourth-order valence-electron chi connectivity index (χ4n) is 2.47. The van der Waals surface area contributed by atoms with Crippen molar-refractivity contribution in [3.63, 3.8) is 0 Å². The molecule has 2 aromatic rings. The van der Waals surface area contributed by atoms with Crippen molar-refractivity contribution in [3.05, 3.63) is 40.4 Å². The Morgan fingerprint density at radius 3 is 2.67 bits per heavy atom. The van der Waals surface area contributed by atoms with E-state index in [4.69, 9.17) is 11.6 Å². The molecule has 1 unspecified atom stereocenters. The van der Waals surface area contributed by atoms with E-state index in [2.05, 4.69) is 41.4 Å². The first-order valence-corrected chi connectivity index (χ1v) is 7.83. The number of aromatic nitrogens is 4. The van der Waals surface area contributed by atoms with E-state index in [1.54, 1.807) is 12.4 Å². The van der Waals surface area contributed by atoms with Crippen molar-refractivity contribution in [2.45, 2.75) is 46.2 Å². The van der Waals surface area contributed by atoms with E-state index in [9.17, 15) is 0 Å². The van der Waals surface area contributed by atoms with Gasteiger partial charge in [0.1, 0.15) is 0 Å². The minimum atomic E-state index is 0.162. The molecule has 0 aliphatic carbocycles. The van der Waals surface area contributed by atoms with Crippen LogP contribution in [0.4, 0.5) is 0 Å². The summed E-state index contributed by atoms with van der Waals surface area (Å²) in [4.78, 5) is 0. The predicted molar refractivity (Wildman–Crippen MR) is 84.4 cm³/mol. The quantitative estimate of drug-likeness (QED) is 0.854. The summed E-state index contributed by atoms with van der Waals surface area (Å²) in [6.07, 6.45) is 5.16. The van der Waals surface area contributed by atoms with E-state index in [-0.39, 0.29) is 6.04 Å². The average molecular weight is 308 g/mol. The molecule has 0 saturated carbocycles. The van der Waals surface area contributed by atoms with Crippen LogP contribution in [-0.2, 0) is 19.4 Å². The molecular formula is C15H22ClN5. The van der Waals surface area contributed by atoms with Crippen molar-refractivity contribution in [2.24, 2.45) is 0 Å². The van der Waals surface area contributed by atoms with Gasteiger partial charge in [0.05, 0.1) is 22.6 Å². The lowest BCUT2D eigenvalue weighted by Crippen LogP contribution is -2.24. The molecule has 2 rings (SSSR count). The Hall–Kier alpha value is -1.46. The van der Waals surface area contributed by atoms with Gasteiger partial charge in [-0.3, -0.25) is 4.68 Å². The lowest BCUT2D eigenvalue weighted by atomic mass is 10.0. The second-order valence-electron chi connectivity index (χ2n) is 4.87. The van der Waals surface area contributed by atoms with Gasteiger partial charge in [-0.25, -0.2) is 0 Å². The Labute approximate surface area is 130 Å². The van der Waals surface area contributed by atoms with Gasteiger partial charge < -0.3 is 5.32 Å². The predicted octanol–water partition coefficient (Wildman–Crippen LogP) is 2.80. The maximum Gasteiger partial charge on any atom is 0.0850 e. The van der Waals surface area contributed by atoms with Crippen LogP contribution in [-0.4, -0.2) is 26.5 Å². The lowest BCUT2D eigenvalue weighted by molar-refractivity contribution is 0.514. The van der Waals surface area contributed by atoms with Crippen molar-refractivity contribution in [2.75, 3.05) is 6.54 Å². The van der Waals surface area contributed by atoms with Crippen LogP contribution in [0.1, 0.15) is 43.8 Å². The number of nitrogens with zero attached hydrogens (tertiary/aromatic N) is 4. The molecule has 0 aromatic carbocycles. The summed E-state index contributed by atoms with van der Waals surface area (Å²) < 4.78 is 2.00. The van der Waals surface area contributed by atoms with Gasteiger partial charge in [-0.05, 0) is 31.5 Å². The zero-order valence-electron chi connectivity index (χ0n) is 12.8. The molecule has 1 N–H and O–H groups in total. The monoisotopic (exact) mass is 307 g/mol. The first-order chi connectivity index (χ1) is 10.2. The molecule has 1 atom stereocenters. The molecule has 21 heavy (non-hydrogen) atoms. The van der Waals surface area contributed by atoms with Crippen LogP contribution in [0.2, 0.25) is 5.02 Å². The first-order valence-electron chi connectivity index (χ1n) is 7.45. The maximum absolute atomic E-state index is 6.50. The number of aryl methyl sites for hydroxylation is 2. The van der Waals surface area contributed by atoms with Crippen LogP contribution in [0.3, 0.4) is 0 Å². The Kier molecular flexibility index (Phi) is 5.70. The van der Waals surface area contributed by atoms with Crippen molar-refractivity contribution in [1.82, 2.24) is 25.3 Å². The third-order valence-electron chi connectivity index (χ3n) is 3.55. The second kappa shape index (κ2) is 7.52. The Bertz CT molecular complexity index is 567. The number of halogens is 1. The Morgan fingerprint density at radius 2 is 2.10 bits per heavy atom. The highest BCUT2D eigenvalue weighted by molar-refractivity contribution is 6.31. The van der Waals surface area contributed by atoms with E-state index in [1.165, 1.54) is 0 Å². The molecule has 0 radical (unpaired) electrons. The molecule has 0 bridgehead atoms. The molecule has 6 heteroatoms. The summed E-state index contributed by atoms with van der Waals surface area (Å²) in [5.74, 6) is 0. The van der Waals surface area contributed by atoms with E-state index in [0.717, 1.165) is 47.9 Å². The number of hydrogen-bond donors (Lipinski definition) is 1. The SMILES string of the molecule is CCNC(Cc1c(Cl)c(CC)nn1CC)c1ccnnc1. The molecule has 2 heterocycles. The average Bonchev–Trinajstić information content (AvgIpc) is 2.83. The van der Waals surface area contributed by atoms with Crippen molar-refractivity contribution >= 4 is 11.6 Å². The molecular weight excluding hydrogens is 286 g/mol. The highest BCUT2D eigenvalue weighted by atomic mass is 35.5. The highest BCUT2D eigenvalue weighted by Crippen LogP contribution is 2.26. The van der Waals surface area contributed by atoms with Crippen LogP contribution >= 0.6 is 11.6 Å². The van der Waals surface area contributed by atoms with Crippen LogP contribution < -0.4 is 5.32 Å². The van der Waals surface area contributed by atoms with Crippen LogP contribution in [0, 0.1) is 0 Å².